The van der Waals surface area contributed by atoms with Crippen LogP contribution in [0.25, 0.3) is 0 Å². The van der Waals surface area contributed by atoms with Gasteiger partial charge >= 0.3 is 41.8 Å². The number of hydrogen-bond donors (Lipinski definition) is 0. The lowest BCUT2D eigenvalue weighted by Crippen LogP contribution is -2.70. The van der Waals surface area contributed by atoms with E-state index in [1.165, 1.54) is 0 Å². The lowest BCUT2D eigenvalue weighted by atomic mass is 9.87. The number of methoxy groups -OCH3 is 1. The predicted molar refractivity (Wildman–Crippen MR) is 56.6 cm³/mol. The first-order valence-electron chi connectivity index (χ1n) is 6.15. The number of carbonyl (C=O) groups excluding carboxylic acids is 1. The van der Waals surface area contributed by atoms with E-state index in [0.717, 1.165) is 0 Å². The Kier molecular flexibility index (Phi) is 6.25. The van der Waals surface area contributed by atoms with Crippen LogP contribution < -0.4 is 0 Å². The molecule has 1 unspecified atom stereocenters. The maximum atomic E-state index is 13.5. The van der Waals surface area contributed by atoms with Crippen molar-refractivity contribution >= 4 is 5.97 Å². The summed E-state index contributed by atoms with van der Waals surface area (Å²) < 4.78 is 171. The van der Waals surface area contributed by atoms with Gasteiger partial charge < -0.3 is 4.74 Å². The fourth-order valence-corrected chi connectivity index (χ4v) is 1.55. The molecule has 15 heteroatoms. The second kappa shape index (κ2) is 6.62. The number of esters is 1. The highest BCUT2D eigenvalue weighted by molar-refractivity contribution is 5.69. The molecule has 0 radical (unpaired) electrons. The Bertz CT molecular complexity index is 523. The number of hydrogen-bond acceptors (Lipinski definition) is 2. The molecule has 0 aromatic heterocycles. The quantitative estimate of drug-likeness (QED) is 0.432. The van der Waals surface area contributed by atoms with Gasteiger partial charge in [-0.25, -0.2) is 0 Å². The largest absolute Gasteiger partial charge is 0.469 e. The molecule has 0 aliphatic rings. The lowest BCUT2D eigenvalue weighted by Gasteiger charge is -2.41. The Hall–Kier alpha value is -1.44. The zero-order valence-electron chi connectivity index (χ0n) is 12.5. The van der Waals surface area contributed by atoms with Crippen LogP contribution in [-0.4, -0.2) is 48.9 Å². The molecular weight excluding hydrogens is 411 g/mol. The first-order chi connectivity index (χ1) is 11.1. The van der Waals surface area contributed by atoms with Crippen molar-refractivity contribution in [3.05, 3.63) is 0 Å². The van der Waals surface area contributed by atoms with E-state index in [-0.39, 0.29) is 6.92 Å². The van der Waals surface area contributed by atoms with Crippen LogP contribution >= 0.6 is 0 Å². The minimum absolute atomic E-state index is 0.0268. The van der Waals surface area contributed by atoms with E-state index in [1.807, 2.05) is 0 Å². The summed E-state index contributed by atoms with van der Waals surface area (Å²) in [5.74, 6) is -42.1. The van der Waals surface area contributed by atoms with Gasteiger partial charge in [-0.2, -0.15) is 57.1 Å². The molecule has 0 saturated heterocycles. The van der Waals surface area contributed by atoms with Crippen molar-refractivity contribution in [2.45, 2.75) is 49.1 Å². The highest BCUT2D eigenvalue weighted by Crippen LogP contribution is 2.61. The molecule has 0 aromatic rings. The molecule has 0 amide bonds. The van der Waals surface area contributed by atoms with Crippen molar-refractivity contribution in [1.29, 1.82) is 0 Å². The fourth-order valence-electron chi connectivity index (χ4n) is 1.55. The molecule has 0 bridgehead atoms. The Morgan fingerprint density at radius 3 is 1.38 bits per heavy atom. The second-order valence-electron chi connectivity index (χ2n) is 5.10. The van der Waals surface area contributed by atoms with E-state index in [1.54, 1.807) is 0 Å². The highest BCUT2D eigenvalue weighted by Gasteiger charge is 2.91. The molecule has 0 spiro atoms. The van der Waals surface area contributed by atoms with Gasteiger partial charge in [-0.05, 0) is 0 Å². The van der Waals surface area contributed by atoms with Crippen molar-refractivity contribution in [2.75, 3.05) is 7.11 Å². The Morgan fingerprint density at radius 1 is 0.731 bits per heavy atom. The van der Waals surface area contributed by atoms with Crippen LogP contribution in [0.1, 0.15) is 13.3 Å². The van der Waals surface area contributed by atoms with Crippen LogP contribution in [0.4, 0.5) is 57.1 Å². The fraction of sp³-hybridized carbons (Fsp3) is 0.909. The molecule has 156 valence electrons. The summed E-state index contributed by atoms with van der Waals surface area (Å²) in [6.07, 6.45) is -9.21. The zero-order valence-corrected chi connectivity index (χ0v) is 12.5. The van der Waals surface area contributed by atoms with Crippen LogP contribution in [0.3, 0.4) is 0 Å². The van der Waals surface area contributed by atoms with Gasteiger partial charge in [0.25, 0.3) is 0 Å². The first-order valence-corrected chi connectivity index (χ1v) is 6.15. The molecule has 0 rings (SSSR count). The molecule has 0 aliphatic carbocycles. The monoisotopic (exact) mass is 420 g/mol. The summed E-state index contributed by atoms with van der Waals surface area (Å²) in [4.78, 5) is 10.7. The molecule has 1 atom stereocenters. The van der Waals surface area contributed by atoms with Gasteiger partial charge in [0.1, 0.15) is 0 Å². The third-order valence-electron chi connectivity index (χ3n) is 3.28. The van der Waals surface area contributed by atoms with Gasteiger partial charge in [-0.3, -0.25) is 4.79 Å². The smallest absolute Gasteiger partial charge is 0.460 e. The van der Waals surface area contributed by atoms with E-state index < -0.39 is 54.1 Å². The van der Waals surface area contributed by atoms with Crippen LogP contribution in [0.2, 0.25) is 0 Å². The van der Waals surface area contributed by atoms with Gasteiger partial charge in [0.05, 0.1) is 13.5 Å². The summed E-state index contributed by atoms with van der Waals surface area (Å²) in [5.41, 5.74) is 0. The topological polar surface area (TPSA) is 26.3 Å². The molecule has 0 heterocycles. The van der Waals surface area contributed by atoms with Crippen LogP contribution in [0.15, 0.2) is 0 Å². The van der Waals surface area contributed by atoms with Gasteiger partial charge in [0.15, 0.2) is 0 Å². The number of alkyl halides is 13. The molecule has 26 heavy (non-hydrogen) atoms. The Labute approximate surface area is 136 Å². The third-order valence-corrected chi connectivity index (χ3v) is 3.28. The maximum absolute atomic E-state index is 13.5. The summed E-state index contributed by atoms with van der Waals surface area (Å²) in [7, 11) is 0.554. The Morgan fingerprint density at radius 2 is 1.08 bits per heavy atom. The summed E-state index contributed by atoms with van der Waals surface area (Å²) >= 11 is 0. The van der Waals surface area contributed by atoms with E-state index in [0.29, 0.717) is 7.11 Å². The lowest BCUT2D eigenvalue weighted by molar-refractivity contribution is -0.442. The van der Waals surface area contributed by atoms with E-state index >= 15 is 0 Å². The van der Waals surface area contributed by atoms with Gasteiger partial charge in [-0.15, -0.1) is 0 Å². The van der Waals surface area contributed by atoms with Crippen molar-refractivity contribution in [3.63, 3.8) is 0 Å². The normalized spacial score (nSPS) is 16.4. The molecule has 0 N–H and O–H groups in total. The van der Waals surface area contributed by atoms with Crippen molar-refractivity contribution in [3.8, 4) is 0 Å². The average Bonchev–Trinajstić information content (AvgIpc) is 2.44. The van der Waals surface area contributed by atoms with Crippen LogP contribution in [-0.2, 0) is 9.53 Å². The number of halogens is 13. The van der Waals surface area contributed by atoms with Crippen LogP contribution in [0, 0.1) is 5.92 Å². The van der Waals surface area contributed by atoms with Crippen molar-refractivity contribution < 1.29 is 66.6 Å². The van der Waals surface area contributed by atoms with Gasteiger partial charge in [-0.1, -0.05) is 6.92 Å². The number of rotatable bonds is 7. The predicted octanol–water partition coefficient (Wildman–Crippen LogP) is 4.92. The Balaban J connectivity index is 6.20. The number of ether oxygens (including phenoxy) is 1. The maximum Gasteiger partial charge on any atom is 0.460 e. The van der Waals surface area contributed by atoms with Gasteiger partial charge in [0, 0.05) is 5.92 Å². The number of carbonyl (C=O) groups is 1. The zero-order chi connectivity index (χ0) is 21.6. The molecule has 0 fully saturated rings. The molecule has 0 aromatic carbocycles. The summed E-state index contributed by atoms with van der Waals surface area (Å²) in [6, 6.07) is 0. The van der Waals surface area contributed by atoms with E-state index in [2.05, 4.69) is 4.74 Å². The second-order valence-corrected chi connectivity index (χ2v) is 5.10. The van der Waals surface area contributed by atoms with Crippen molar-refractivity contribution in [2.24, 2.45) is 5.92 Å². The van der Waals surface area contributed by atoms with Crippen LogP contribution in [0.5, 0.6) is 0 Å². The highest BCUT2D eigenvalue weighted by atomic mass is 19.4. The molecule has 2 nitrogen and oxygen atoms in total. The van der Waals surface area contributed by atoms with Gasteiger partial charge in [0.2, 0.25) is 0 Å². The van der Waals surface area contributed by atoms with Crippen molar-refractivity contribution in [1.82, 2.24) is 0 Å². The molecular formula is C11H9F13O2. The van der Waals surface area contributed by atoms with E-state index in [4.69, 9.17) is 0 Å². The SMILES string of the molecule is COC(=O)CC(C)C(F)(F)C(F)(F)C(F)(F)C(F)(F)C(F)(F)C(F)(F)F. The summed E-state index contributed by atoms with van der Waals surface area (Å²) in [6.45, 7) is -0.0268. The molecule has 0 aliphatic heterocycles. The standard InChI is InChI=1S/C11H9F13O2/c1-4(3-5(25)26-2)6(12,13)7(14,15)8(16,17)9(18,19)10(20,21)11(22,23)24/h4H,3H2,1-2H3. The minimum atomic E-state index is -7.95. The average molecular weight is 420 g/mol. The third kappa shape index (κ3) is 3.40. The first kappa shape index (κ1) is 24.6. The summed E-state index contributed by atoms with van der Waals surface area (Å²) in [5, 5.41) is 0. The molecule has 0 saturated carbocycles. The van der Waals surface area contributed by atoms with E-state index in [9.17, 15) is 61.9 Å². The minimum Gasteiger partial charge on any atom is -0.469 e.